The molecule has 0 aliphatic carbocycles. The second-order valence-corrected chi connectivity index (χ2v) is 6.64. The van der Waals surface area contributed by atoms with Gasteiger partial charge in [-0.2, -0.15) is 0 Å². The van der Waals surface area contributed by atoms with Crippen LogP contribution in [0.15, 0.2) is 0 Å². The lowest BCUT2D eigenvalue weighted by Gasteiger charge is -2.18. The molecule has 0 aromatic carbocycles. The van der Waals surface area contributed by atoms with Gasteiger partial charge < -0.3 is 14.6 Å². The van der Waals surface area contributed by atoms with Gasteiger partial charge in [0.2, 0.25) is 0 Å². The van der Waals surface area contributed by atoms with E-state index < -0.39 is 5.97 Å². The largest absolute Gasteiger partial charge is 0.481 e. The van der Waals surface area contributed by atoms with Crippen molar-refractivity contribution in [2.24, 2.45) is 0 Å². The molecule has 0 saturated heterocycles. The molecule has 0 rings (SSSR count). The van der Waals surface area contributed by atoms with E-state index in [2.05, 4.69) is 13.8 Å². The molecule has 0 amide bonds. The maximum Gasteiger partial charge on any atom is 0.303 e. The summed E-state index contributed by atoms with van der Waals surface area (Å²) >= 11 is 0. The second-order valence-electron chi connectivity index (χ2n) is 6.64. The van der Waals surface area contributed by atoms with Gasteiger partial charge in [0.25, 0.3) is 0 Å². The van der Waals surface area contributed by atoms with Gasteiger partial charge in [0.05, 0.1) is 0 Å². The highest BCUT2D eigenvalue weighted by atomic mass is 16.7. The van der Waals surface area contributed by atoms with Crippen LogP contribution in [-0.2, 0) is 14.3 Å². The fourth-order valence-electron chi connectivity index (χ4n) is 2.64. The molecule has 24 heavy (non-hydrogen) atoms. The Kier molecular flexibility index (Phi) is 18.2. The van der Waals surface area contributed by atoms with Crippen molar-refractivity contribution in [2.45, 2.75) is 110 Å². The zero-order valence-electron chi connectivity index (χ0n) is 16.1. The predicted molar refractivity (Wildman–Crippen MR) is 99.3 cm³/mol. The number of rotatable bonds is 19. The maximum atomic E-state index is 10.6. The third-order valence-electron chi connectivity index (χ3n) is 4.18. The molecule has 0 aliphatic heterocycles. The molecule has 4 nitrogen and oxygen atoms in total. The molecule has 0 spiro atoms. The van der Waals surface area contributed by atoms with Crippen molar-refractivity contribution < 1.29 is 19.4 Å². The van der Waals surface area contributed by atoms with Gasteiger partial charge in [-0.1, -0.05) is 65.2 Å². The Bertz CT molecular complexity index is 252. The summed E-state index contributed by atoms with van der Waals surface area (Å²) in [6, 6.07) is 0. The highest BCUT2D eigenvalue weighted by Crippen LogP contribution is 2.12. The summed E-state index contributed by atoms with van der Waals surface area (Å²) in [7, 11) is 0. The maximum absolute atomic E-state index is 10.6. The average molecular weight is 345 g/mol. The van der Waals surface area contributed by atoms with E-state index in [1.807, 2.05) is 0 Å². The molecule has 1 N–H and O–H groups in total. The Labute approximate surface area is 149 Å². The van der Waals surface area contributed by atoms with Crippen molar-refractivity contribution in [3.05, 3.63) is 0 Å². The van der Waals surface area contributed by atoms with E-state index in [9.17, 15) is 4.79 Å². The average Bonchev–Trinajstić information content (AvgIpc) is 2.56. The van der Waals surface area contributed by atoms with Crippen molar-refractivity contribution in [3.8, 4) is 0 Å². The fraction of sp³-hybridized carbons (Fsp3) is 0.950. The van der Waals surface area contributed by atoms with Crippen LogP contribution in [0.2, 0.25) is 0 Å². The highest BCUT2D eigenvalue weighted by molar-refractivity contribution is 5.66. The molecule has 4 heteroatoms. The molecule has 0 atom stereocenters. The normalized spacial score (nSPS) is 11.3. The molecule has 0 unspecified atom stereocenters. The molecule has 0 bridgehead atoms. The highest BCUT2D eigenvalue weighted by Gasteiger charge is 2.10. The third-order valence-corrected chi connectivity index (χ3v) is 4.18. The van der Waals surface area contributed by atoms with Gasteiger partial charge in [-0.25, -0.2) is 0 Å². The van der Waals surface area contributed by atoms with E-state index in [-0.39, 0.29) is 12.7 Å². The number of ether oxygens (including phenoxy) is 2. The van der Waals surface area contributed by atoms with Crippen LogP contribution in [0.4, 0.5) is 0 Å². The SMILES string of the molecule is CCCCCCCOC(CCCCC(=O)O)OCCCCCCC. The number of unbranched alkanes of at least 4 members (excludes halogenated alkanes) is 9. The minimum Gasteiger partial charge on any atom is -0.481 e. The smallest absolute Gasteiger partial charge is 0.303 e. The van der Waals surface area contributed by atoms with Crippen molar-refractivity contribution in [1.82, 2.24) is 0 Å². The van der Waals surface area contributed by atoms with Gasteiger partial charge >= 0.3 is 5.97 Å². The first-order chi connectivity index (χ1) is 11.7. The first-order valence-corrected chi connectivity index (χ1v) is 10.2. The van der Waals surface area contributed by atoms with Gasteiger partial charge in [-0.05, 0) is 32.1 Å². The van der Waals surface area contributed by atoms with Crippen molar-refractivity contribution in [3.63, 3.8) is 0 Å². The van der Waals surface area contributed by atoms with Crippen LogP contribution in [0.5, 0.6) is 0 Å². The molecular formula is C20H40O4. The zero-order valence-corrected chi connectivity index (χ0v) is 16.1. The third kappa shape index (κ3) is 17.7. The van der Waals surface area contributed by atoms with E-state index >= 15 is 0 Å². The Morgan fingerprint density at radius 3 is 1.71 bits per heavy atom. The number of hydrogen-bond acceptors (Lipinski definition) is 3. The summed E-state index contributed by atoms with van der Waals surface area (Å²) in [4.78, 5) is 10.6. The zero-order chi connectivity index (χ0) is 17.9. The van der Waals surface area contributed by atoms with E-state index in [0.29, 0.717) is 6.42 Å². The standard InChI is InChI=1S/C20H40O4/c1-3-5-7-9-13-17-23-20(16-12-11-15-19(21)22)24-18-14-10-8-6-4-2/h20H,3-18H2,1-2H3,(H,21,22). The topological polar surface area (TPSA) is 55.8 Å². The van der Waals surface area contributed by atoms with Crippen LogP contribution in [0.1, 0.15) is 104 Å². The Balaban J connectivity index is 3.80. The van der Waals surface area contributed by atoms with Crippen LogP contribution >= 0.6 is 0 Å². The molecule has 0 aromatic heterocycles. The van der Waals surface area contributed by atoms with Crippen LogP contribution in [0.25, 0.3) is 0 Å². The molecule has 0 saturated carbocycles. The number of hydrogen-bond donors (Lipinski definition) is 1. The number of carboxylic acids is 1. The molecule has 0 heterocycles. The number of aliphatic carboxylic acids is 1. The van der Waals surface area contributed by atoms with Crippen LogP contribution in [0.3, 0.4) is 0 Å². The molecule has 0 aliphatic rings. The van der Waals surface area contributed by atoms with Crippen molar-refractivity contribution in [2.75, 3.05) is 13.2 Å². The van der Waals surface area contributed by atoms with Crippen molar-refractivity contribution in [1.29, 1.82) is 0 Å². The molecular weight excluding hydrogens is 304 g/mol. The van der Waals surface area contributed by atoms with Gasteiger partial charge in [-0.15, -0.1) is 0 Å². The molecule has 0 aromatic rings. The summed E-state index contributed by atoms with van der Waals surface area (Å²) in [6.45, 7) is 5.95. The first-order valence-electron chi connectivity index (χ1n) is 10.2. The fourth-order valence-corrected chi connectivity index (χ4v) is 2.64. The summed E-state index contributed by atoms with van der Waals surface area (Å²) in [5.74, 6) is -0.722. The lowest BCUT2D eigenvalue weighted by Crippen LogP contribution is -2.19. The monoisotopic (exact) mass is 344 g/mol. The van der Waals surface area contributed by atoms with E-state index in [1.165, 1.54) is 51.4 Å². The minimum absolute atomic E-state index is 0.156. The van der Waals surface area contributed by atoms with E-state index in [4.69, 9.17) is 14.6 Å². The van der Waals surface area contributed by atoms with Crippen LogP contribution in [0, 0.1) is 0 Å². The lowest BCUT2D eigenvalue weighted by molar-refractivity contribution is -0.148. The summed E-state index contributed by atoms with van der Waals surface area (Å²) in [5, 5.41) is 8.70. The van der Waals surface area contributed by atoms with Gasteiger partial charge in [0.1, 0.15) is 0 Å². The second kappa shape index (κ2) is 18.7. The predicted octanol–water partition coefficient (Wildman–Crippen LogP) is 5.93. The van der Waals surface area contributed by atoms with E-state index in [1.54, 1.807) is 0 Å². The van der Waals surface area contributed by atoms with Gasteiger partial charge in [0.15, 0.2) is 6.29 Å². The summed E-state index contributed by atoms with van der Waals surface area (Å²) in [6.07, 6.45) is 14.7. The van der Waals surface area contributed by atoms with Gasteiger partial charge in [-0.3, -0.25) is 4.79 Å². The van der Waals surface area contributed by atoms with Crippen LogP contribution in [-0.4, -0.2) is 30.6 Å². The number of carbonyl (C=O) groups is 1. The first kappa shape index (κ1) is 23.4. The quantitative estimate of drug-likeness (QED) is 0.233. The van der Waals surface area contributed by atoms with Crippen LogP contribution < -0.4 is 0 Å². The Hall–Kier alpha value is -0.610. The Morgan fingerprint density at radius 2 is 1.25 bits per heavy atom. The molecule has 0 fully saturated rings. The summed E-state index contributed by atoms with van der Waals surface area (Å²) in [5.41, 5.74) is 0. The summed E-state index contributed by atoms with van der Waals surface area (Å²) < 4.78 is 11.8. The van der Waals surface area contributed by atoms with Crippen molar-refractivity contribution >= 4 is 5.97 Å². The number of carboxylic acid groups (broad SMARTS) is 1. The van der Waals surface area contributed by atoms with Gasteiger partial charge in [0, 0.05) is 19.6 Å². The Morgan fingerprint density at radius 1 is 0.750 bits per heavy atom. The molecule has 0 radical (unpaired) electrons. The minimum atomic E-state index is -0.722. The molecule has 144 valence electrons. The van der Waals surface area contributed by atoms with E-state index in [0.717, 1.165) is 38.9 Å². The lowest BCUT2D eigenvalue weighted by atomic mass is 10.1.